The van der Waals surface area contributed by atoms with Crippen molar-refractivity contribution in [2.75, 3.05) is 13.2 Å². The molecule has 5 atom stereocenters. The van der Waals surface area contributed by atoms with Gasteiger partial charge < -0.3 is 29.4 Å². The first-order valence-corrected chi connectivity index (χ1v) is 11.4. The number of hydrogen-bond acceptors (Lipinski definition) is 9. The van der Waals surface area contributed by atoms with Gasteiger partial charge >= 0.3 is 17.9 Å². The first-order valence-electron chi connectivity index (χ1n) is 11.4. The first kappa shape index (κ1) is 27.3. The van der Waals surface area contributed by atoms with Crippen LogP contribution in [0.5, 0.6) is 0 Å². The van der Waals surface area contributed by atoms with Crippen LogP contribution in [0.4, 0.5) is 0 Å². The molecule has 0 saturated carbocycles. The van der Waals surface area contributed by atoms with Gasteiger partial charge in [0.15, 0.2) is 24.6 Å². The molecule has 1 heterocycles. The summed E-state index contributed by atoms with van der Waals surface area (Å²) in [5.74, 6) is -1.35. The van der Waals surface area contributed by atoms with Crippen LogP contribution in [0.15, 0.2) is 0 Å². The Morgan fingerprint density at radius 1 is 0.774 bits per heavy atom. The standard InChI is InChI=1S/C22H39NO8/c1-5-10-16(24)29-19-15(4)28-22(27-14-9-8-13-23)21(31-18(26)12-7-3)20(19)30-17(25)11-6-2/h15,19-22H,5-14,23H2,1-4H3/t15-,19-,20+,21+,22?/m0/s1. The smallest absolute Gasteiger partial charge is 0.306 e. The van der Waals surface area contributed by atoms with E-state index in [0.717, 1.165) is 6.42 Å². The van der Waals surface area contributed by atoms with Crippen molar-refractivity contribution < 1.29 is 38.1 Å². The molecule has 0 amide bonds. The Morgan fingerprint density at radius 3 is 1.74 bits per heavy atom. The highest BCUT2D eigenvalue weighted by atomic mass is 16.7. The summed E-state index contributed by atoms with van der Waals surface area (Å²) in [5, 5.41) is 0. The van der Waals surface area contributed by atoms with E-state index in [1.165, 1.54) is 0 Å². The van der Waals surface area contributed by atoms with E-state index in [1.807, 2.05) is 20.8 Å². The lowest BCUT2D eigenvalue weighted by Gasteiger charge is -2.43. The highest BCUT2D eigenvalue weighted by Gasteiger charge is 2.51. The Kier molecular flexibility index (Phi) is 13.4. The molecule has 9 heteroatoms. The van der Waals surface area contributed by atoms with E-state index in [4.69, 9.17) is 29.4 Å². The van der Waals surface area contributed by atoms with E-state index in [-0.39, 0.29) is 19.3 Å². The summed E-state index contributed by atoms with van der Waals surface area (Å²) >= 11 is 0. The number of hydrogen-bond donors (Lipinski definition) is 1. The van der Waals surface area contributed by atoms with Gasteiger partial charge in [-0.1, -0.05) is 20.8 Å². The Balaban J connectivity index is 3.13. The van der Waals surface area contributed by atoms with Crippen LogP contribution in [-0.4, -0.2) is 61.8 Å². The van der Waals surface area contributed by atoms with E-state index < -0.39 is 48.6 Å². The average molecular weight is 446 g/mol. The molecule has 0 aliphatic carbocycles. The number of rotatable bonds is 14. The van der Waals surface area contributed by atoms with Crippen molar-refractivity contribution in [1.29, 1.82) is 0 Å². The van der Waals surface area contributed by atoms with Gasteiger partial charge in [0.1, 0.15) is 0 Å². The predicted molar refractivity (Wildman–Crippen MR) is 113 cm³/mol. The van der Waals surface area contributed by atoms with E-state index in [0.29, 0.717) is 38.8 Å². The number of nitrogens with two attached hydrogens (primary N) is 1. The molecule has 0 bridgehead atoms. The lowest BCUT2D eigenvalue weighted by atomic mass is 9.98. The van der Waals surface area contributed by atoms with Crippen molar-refractivity contribution >= 4 is 17.9 Å². The van der Waals surface area contributed by atoms with Crippen LogP contribution in [-0.2, 0) is 38.1 Å². The normalized spacial score (nSPS) is 25.6. The fourth-order valence-electron chi connectivity index (χ4n) is 3.22. The fraction of sp³-hybridized carbons (Fsp3) is 0.864. The van der Waals surface area contributed by atoms with E-state index >= 15 is 0 Å². The van der Waals surface area contributed by atoms with Crippen LogP contribution in [0, 0.1) is 0 Å². The highest BCUT2D eigenvalue weighted by molar-refractivity contribution is 5.71. The maximum Gasteiger partial charge on any atom is 0.306 e. The van der Waals surface area contributed by atoms with Crippen LogP contribution >= 0.6 is 0 Å². The third-order valence-electron chi connectivity index (χ3n) is 4.77. The van der Waals surface area contributed by atoms with Gasteiger partial charge in [-0.05, 0) is 45.6 Å². The summed E-state index contributed by atoms with van der Waals surface area (Å²) in [6.45, 7) is 8.16. The van der Waals surface area contributed by atoms with Crippen molar-refractivity contribution in [1.82, 2.24) is 0 Å². The number of carbonyl (C=O) groups is 3. The van der Waals surface area contributed by atoms with Crippen molar-refractivity contribution in [2.24, 2.45) is 5.73 Å². The molecule has 2 N–H and O–H groups in total. The summed E-state index contributed by atoms with van der Waals surface area (Å²) in [7, 11) is 0. The van der Waals surface area contributed by atoms with Crippen LogP contribution in [0.3, 0.4) is 0 Å². The number of carbonyl (C=O) groups excluding carboxylic acids is 3. The molecule has 1 unspecified atom stereocenters. The molecule has 1 fully saturated rings. The molecule has 0 aromatic rings. The summed E-state index contributed by atoms with van der Waals surface area (Å²) in [6.07, 6.45) is -0.667. The number of ether oxygens (including phenoxy) is 5. The number of unbranched alkanes of at least 4 members (excludes halogenated alkanes) is 1. The monoisotopic (exact) mass is 445 g/mol. The van der Waals surface area contributed by atoms with E-state index in [1.54, 1.807) is 6.92 Å². The Labute approximate surface area is 185 Å². The fourth-order valence-corrected chi connectivity index (χ4v) is 3.22. The molecule has 180 valence electrons. The van der Waals surface area contributed by atoms with Crippen molar-refractivity contribution in [3.05, 3.63) is 0 Å². The molecule has 1 rings (SSSR count). The molecule has 31 heavy (non-hydrogen) atoms. The lowest BCUT2D eigenvalue weighted by molar-refractivity contribution is -0.301. The Bertz CT molecular complexity index is 556. The summed E-state index contributed by atoms with van der Waals surface area (Å²) in [4.78, 5) is 36.8. The third-order valence-corrected chi connectivity index (χ3v) is 4.77. The molecule has 0 aromatic heterocycles. The van der Waals surface area contributed by atoms with Gasteiger partial charge in [-0.15, -0.1) is 0 Å². The van der Waals surface area contributed by atoms with Gasteiger partial charge in [0.05, 0.1) is 6.10 Å². The Hall–Kier alpha value is -1.71. The molecule has 0 aromatic carbocycles. The maximum atomic E-state index is 12.3. The quantitative estimate of drug-likeness (QED) is 0.244. The molecule has 0 radical (unpaired) electrons. The van der Waals surface area contributed by atoms with Gasteiger partial charge in [-0.25, -0.2) is 0 Å². The second-order valence-electron chi connectivity index (χ2n) is 7.69. The summed E-state index contributed by atoms with van der Waals surface area (Å²) < 4.78 is 28.7. The van der Waals surface area contributed by atoms with Crippen LogP contribution in [0.1, 0.15) is 79.1 Å². The van der Waals surface area contributed by atoms with Gasteiger partial charge in [-0.2, -0.15) is 0 Å². The van der Waals surface area contributed by atoms with Crippen molar-refractivity contribution in [2.45, 2.75) is 110 Å². The lowest BCUT2D eigenvalue weighted by Crippen LogP contribution is -2.61. The van der Waals surface area contributed by atoms with Gasteiger partial charge in [0.2, 0.25) is 0 Å². The van der Waals surface area contributed by atoms with Gasteiger partial charge in [0.25, 0.3) is 0 Å². The minimum absolute atomic E-state index is 0.193. The van der Waals surface area contributed by atoms with E-state index in [9.17, 15) is 14.4 Å². The summed E-state index contributed by atoms with van der Waals surface area (Å²) in [6, 6.07) is 0. The average Bonchev–Trinajstić information content (AvgIpc) is 2.71. The molecule has 9 nitrogen and oxygen atoms in total. The zero-order chi connectivity index (χ0) is 23.2. The second kappa shape index (κ2) is 15.2. The van der Waals surface area contributed by atoms with Crippen LogP contribution < -0.4 is 5.73 Å². The topological polar surface area (TPSA) is 123 Å². The molecule has 1 saturated heterocycles. The zero-order valence-corrected chi connectivity index (χ0v) is 19.3. The van der Waals surface area contributed by atoms with Crippen LogP contribution in [0.25, 0.3) is 0 Å². The molecule has 1 aliphatic rings. The minimum Gasteiger partial charge on any atom is -0.455 e. The van der Waals surface area contributed by atoms with E-state index in [2.05, 4.69) is 0 Å². The SMILES string of the molecule is CCCC(=O)O[C@@H]1[C@@H](OC(=O)CCC)[C@@H](OC(=O)CCC)C(OCCCCN)O[C@H]1C. The van der Waals surface area contributed by atoms with Crippen molar-refractivity contribution in [3.8, 4) is 0 Å². The van der Waals surface area contributed by atoms with Gasteiger partial charge in [-0.3, -0.25) is 14.4 Å². The maximum absolute atomic E-state index is 12.3. The third kappa shape index (κ3) is 9.53. The first-order chi connectivity index (χ1) is 14.9. The molecule has 0 spiro atoms. The second-order valence-corrected chi connectivity index (χ2v) is 7.69. The van der Waals surface area contributed by atoms with Crippen LogP contribution in [0.2, 0.25) is 0 Å². The highest BCUT2D eigenvalue weighted by Crippen LogP contribution is 2.30. The van der Waals surface area contributed by atoms with Gasteiger partial charge in [0, 0.05) is 25.9 Å². The minimum atomic E-state index is -1.05. The molecule has 1 aliphatic heterocycles. The Morgan fingerprint density at radius 2 is 1.26 bits per heavy atom. The van der Waals surface area contributed by atoms with Crippen molar-refractivity contribution in [3.63, 3.8) is 0 Å². The molecular weight excluding hydrogens is 406 g/mol. The largest absolute Gasteiger partial charge is 0.455 e. The molecular formula is C22H39NO8. The predicted octanol–water partition coefficient (Wildman–Crippen LogP) is 2.62. The summed E-state index contributed by atoms with van der Waals surface area (Å²) in [5.41, 5.74) is 5.53. The number of esters is 3. The zero-order valence-electron chi connectivity index (χ0n) is 19.3.